The maximum atomic E-state index is 12.6. The lowest BCUT2D eigenvalue weighted by Crippen LogP contribution is -2.43. The first-order chi connectivity index (χ1) is 9.97. The molecule has 4 nitrogen and oxygen atoms in total. The normalized spacial score (nSPS) is 19.0. The standard InChI is InChI=1S/C17H26N2O2/c1-12(2)18-10-14-5-4-8-19(11-14)17(21)15-6-7-16(20)13(3)9-15/h6-7,9,12,14,18,20H,4-5,8,10-11H2,1-3H3. The van der Waals surface area contributed by atoms with Gasteiger partial charge in [0.1, 0.15) is 5.75 Å². The van der Waals surface area contributed by atoms with Crippen LogP contribution < -0.4 is 5.32 Å². The lowest BCUT2D eigenvalue weighted by atomic mass is 9.97. The number of phenolic OH excluding ortho intramolecular Hbond substituents is 1. The van der Waals surface area contributed by atoms with Gasteiger partial charge in [-0.15, -0.1) is 0 Å². The van der Waals surface area contributed by atoms with Crippen LogP contribution in [0.4, 0.5) is 0 Å². The summed E-state index contributed by atoms with van der Waals surface area (Å²) in [5, 5.41) is 13.0. The molecule has 1 atom stereocenters. The van der Waals surface area contributed by atoms with Crippen molar-refractivity contribution in [3.63, 3.8) is 0 Å². The van der Waals surface area contributed by atoms with Gasteiger partial charge >= 0.3 is 0 Å². The first-order valence-electron chi connectivity index (χ1n) is 7.79. The van der Waals surface area contributed by atoms with Crippen molar-refractivity contribution in [1.82, 2.24) is 10.2 Å². The fourth-order valence-electron chi connectivity index (χ4n) is 2.79. The molecule has 2 rings (SSSR count). The number of likely N-dealkylation sites (tertiary alicyclic amines) is 1. The van der Waals surface area contributed by atoms with E-state index in [1.807, 2.05) is 11.8 Å². The molecule has 0 saturated carbocycles. The Bertz CT molecular complexity index is 500. The summed E-state index contributed by atoms with van der Waals surface area (Å²) in [6.07, 6.45) is 2.24. The summed E-state index contributed by atoms with van der Waals surface area (Å²) in [4.78, 5) is 14.5. The number of hydrogen-bond acceptors (Lipinski definition) is 3. The van der Waals surface area contributed by atoms with Crippen molar-refractivity contribution in [2.45, 2.75) is 39.7 Å². The molecule has 0 bridgehead atoms. The maximum Gasteiger partial charge on any atom is 0.253 e. The molecule has 0 aromatic heterocycles. The Morgan fingerprint density at radius 2 is 2.24 bits per heavy atom. The molecular weight excluding hydrogens is 264 g/mol. The third kappa shape index (κ3) is 4.21. The molecule has 1 amide bonds. The van der Waals surface area contributed by atoms with Gasteiger partial charge in [0.2, 0.25) is 0 Å². The van der Waals surface area contributed by atoms with Crippen LogP contribution in [0.25, 0.3) is 0 Å². The lowest BCUT2D eigenvalue weighted by molar-refractivity contribution is 0.0672. The SMILES string of the molecule is Cc1cc(C(=O)N2CCCC(CNC(C)C)C2)ccc1O. The van der Waals surface area contributed by atoms with E-state index < -0.39 is 0 Å². The summed E-state index contributed by atoms with van der Waals surface area (Å²) in [7, 11) is 0. The number of carbonyl (C=O) groups is 1. The Balaban J connectivity index is 1.99. The van der Waals surface area contributed by atoms with Gasteiger partial charge in [-0.05, 0) is 56.0 Å². The van der Waals surface area contributed by atoms with Gasteiger partial charge in [0.15, 0.2) is 0 Å². The molecule has 1 aliphatic heterocycles. The molecule has 0 radical (unpaired) electrons. The van der Waals surface area contributed by atoms with Crippen molar-refractivity contribution < 1.29 is 9.90 Å². The average Bonchev–Trinajstić information content (AvgIpc) is 2.47. The lowest BCUT2D eigenvalue weighted by Gasteiger charge is -2.33. The van der Waals surface area contributed by atoms with E-state index in [0.717, 1.165) is 31.6 Å². The van der Waals surface area contributed by atoms with E-state index in [4.69, 9.17) is 0 Å². The Kier molecular flexibility index (Phi) is 5.23. The third-order valence-corrected chi connectivity index (χ3v) is 4.06. The van der Waals surface area contributed by atoms with Crippen LogP contribution in [-0.2, 0) is 0 Å². The van der Waals surface area contributed by atoms with Gasteiger partial charge in [-0.25, -0.2) is 0 Å². The zero-order valence-corrected chi connectivity index (χ0v) is 13.2. The topological polar surface area (TPSA) is 52.6 Å². The molecule has 116 valence electrons. The Morgan fingerprint density at radius 3 is 2.90 bits per heavy atom. The van der Waals surface area contributed by atoms with Crippen LogP contribution in [0.5, 0.6) is 5.75 Å². The predicted molar refractivity (Wildman–Crippen MR) is 84.6 cm³/mol. The number of nitrogens with zero attached hydrogens (tertiary/aromatic N) is 1. The molecule has 4 heteroatoms. The molecule has 0 aliphatic carbocycles. The number of amides is 1. The minimum absolute atomic E-state index is 0.0762. The average molecular weight is 290 g/mol. The summed E-state index contributed by atoms with van der Waals surface area (Å²) in [5.74, 6) is 0.847. The summed E-state index contributed by atoms with van der Waals surface area (Å²) in [6, 6.07) is 5.56. The fourth-order valence-corrected chi connectivity index (χ4v) is 2.79. The molecule has 1 heterocycles. The van der Waals surface area contributed by atoms with Gasteiger partial charge in [0.25, 0.3) is 5.91 Å². The van der Waals surface area contributed by atoms with Crippen molar-refractivity contribution in [1.29, 1.82) is 0 Å². The van der Waals surface area contributed by atoms with Gasteiger partial charge in [-0.3, -0.25) is 4.79 Å². The molecule has 1 aromatic rings. The molecule has 0 spiro atoms. The number of phenols is 1. The van der Waals surface area contributed by atoms with E-state index in [2.05, 4.69) is 19.2 Å². The van der Waals surface area contributed by atoms with E-state index in [1.54, 1.807) is 18.2 Å². The zero-order chi connectivity index (χ0) is 15.4. The highest BCUT2D eigenvalue weighted by atomic mass is 16.3. The molecule has 21 heavy (non-hydrogen) atoms. The van der Waals surface area contributed by atoms with E-state index in [1.165, 1.54) is 6.42 Å². The number of aryl methyl sites for hydroxylation is 1. The highest BCUT2D eigenvalue weighted by Crippen LogP contribution is 2.21. The van der Waals surface area contributed by atoms with Crippen LogP contribution in [0.2, 0.25) is 0 Å². The van der Waals surface area contributed by atoms with E-state index in [9.17, 15) is 9.90 Å². The third-order valence-electron chi connectivity index (χ3n) is 4.06. The maximum absolute atomic E-state index is 12.6. The van der Waals surface area contributed by atoms with Crippen molar-refractivity contribution >= 4 is 5.91 Å². The second-order valence-electron chi connectivity index (χ2n) is 6.32. The summed E-state index contributed by atoms with van der Waals surface area (Å²) in [6.45, 7) is 8.72. The summed E-state index contributed by atoms with van der Waals surface area (Å²) < 4.78 is 0. The Labute approximate surface area is 127 Å². The molecule has 1 aliphatic rings. The van der Waals surface area contributed by atoms with Gasteiger partial charge in [-0.2, -0.15) is 0 Å². The monoisotopic (exact) mass is 290 g/mol. The van der Waals surface area contributed by atoms with Crippen molar-refractivity contribution in [2.75, 3.05) is 19.6 Å². The summed E-state index contributed by atoms with van der Waals surface area (Å²) in [5.41, 5.74) is 1.42. The Morgan fingerprint density at radius 1 is 1.48 bits per heavy atom. The molecular formula is C17H26N2O2. The summed E-state index contributed by atoms with van der Waals surface area (Å²) >= 11 is 0. The van der Waals surface area contributed by atoms with Crippen LogP contribution in [0, 0.1) is 12.8 Å². The number of hydrogen-bond donors (Lipinski definition) is 2. The van der Waals surface area contributed by atoms with Crippen LogP contribution in [-0.4, -0.2) is 41.6 Å². The molecule has 1 unspecified atom stereocenters. The van der Waals surface area contributed by atoms with E-state index >= 15 is 0 Å². The van der Waals surface area contributed by atoms with Crippen LogP contribution in [0.3, 0.4) is 0 Å². The van der Waals surface area contributed by atoms with Gasteiger partial charge < -0.3 is 15.3 Å². The first-order valence-corrected chi connectivity index (χ1v) is 7.79. The quantitative estimate of drug-likeness (QED) is 0.896. The van der Waals surface area contributed by atoms with E-state index in [-0.39, 0.29) is 11.7 Å². The number of benzene rings is 1. The minimum atomic E-state index is 0.0762. The molecule has 2 N–H and O–H groups in total. The van der Waals surface area contributed by atoms with Gasteiger partial charge in [-0.1, -0.05) is 13.8 Å². The highest BCUT2D eigenvalue weighted by molar-refractivity contribution is 5.94. The van der Waals surface area contributed by atoms with Crippen LogP contribution in [0.1, 0.15) is 42.6 Å². The van der Waals surface area contributed by atoms with Crippen molar-refractivity contribution in [3.8, 4) is 5.75 Å². The molecule has 1 saturated heterocycles. The fraction of sp³-hybridized carbons (Fsp3) is 0.588. The second-order valence-corrected chi connectivity index (χ2v) is 6.32. The number of nitrogens with one attached hydrogen (secondary N) is 1. The van der Waals surface area contributed by atoms with Crippen molar-refractivity contribution in [3.05, 3.63) is 29.3 Å². The Hall–Kier alpha value is -1.55. The first kappa shape index (κ1) is 15.8. The molecule has 1 aromatic carbocycles. The van der Waals surface area contributed by atoms with Crippen molar-refractivity contribution in [2.24, 2.45) is 5.92 Å². The number of aromatic hydroxyl groups is 1. The van der Waals surface area contributed by atoms with E-state index in [0.29, 0.717) is 17.5 Å². The number of piperidine rings is 1. The zero-order valence-electron chi connectivity index (χ0n) is 13.2. The predicted octanol–water partition coefficient (Wildman–Crippen LogP) is 2.55. The van der Waals surface area contributed by atoms with Gasteiger partial charge in [0.05, 0.1) is 0 Å². The number of carbonyl (C=O) groups excluding carboxylic acids is 1. The smallest absolute Gasteiger partial charge is 0.253 e. The highest BCUT2D eigenvalue weighted by Gasteiger charge is 2.24. The second kappa shape index (κ2) is 6.94. The molecule has 1 fully saturated rings. The van der Waals surface area contributed by atoms with Crippen LogP contribution in [0.15, 0.2) is 18.2 Å². The number of rotatable bonds is 4. The minimum Gasteiger partial charge on any atom is -0.508 e. The van der Waals surface area contributed by atoms with Gasteiger partial charge in [0, 0.05) is 24.7 Å². The van der Waals surface area contributed by atoms with Crippen LogP contribution >= 0.6 is 0 Å². The largest absolute Gasteiger partial charge is 0.508 e.